The highest BCUT2D eigenvalue weighted by atomic mass is 32.2. The normalized spacial score (nSPS) is 22.7. The van der Waals surface area contributed by atoms with Crippen molar-refractivity contribution in [3.63, 3.8) is 0 Å². The van der Waals surface area contributed by atoms with Gasteiger partial charge in [0, 0.05) is 11.8 Å². The SMILES string of the molecule is COC(=O)C1(C)CSC(c2ncc(O)cc2O)=N1. The molecule has 0 spiro atoms. The summed E-state index contributed by atoms with van der Waals surface area (Å²) < 4.78 is 4.69. The average Bonchev–Trinajstić information content (AvgIpc) is 2.72. The Bertz CT molecular complexity index is 532. The van der Waals surface area contributed by atoms with Crippen LogP contribution in [0.1, 0.15) is 12.6 Å². The van der Waals surface area contributed by atoms with Crippen molar-refractivity contribution < 1.29 is 19.7 Å². The molecule has 6 nitrogen and oxygen atoms in total. The number of thioether (sulfide) groups is 1. The molecule has 0 saturated heterocycles. The number of ether oxygens (including phenoxy) is 1. The van der Waals surface area contributed by atoms with Gasteiger partial charge in [0.05, 0.1) is 13.3 Å². The average molecular weight is 268 g/mol. The zero-order valence-electron chi connectivity index (χ0n) is 9.88. The number of aromatic hydroxyl groups is 2. The summed E-state index contributed by atoms with van der Waals surface area (Å²) in [4.78, 5) is 19.7. The molecule has 0 bridgehead atoms. The standard InChI is InChI=1S/C11H12N2O4S/c1-11(10(16)17-2)5-18-9(13-11)8-7(15)3-6(14)4-12-8/h3-4,14-15H,5H2,1-2H3. The molecule has 96 valence electrons. The molecule has 1 atom stereocenters. The van der Waals surface area contributed by atoms with Crippen molar-refractivity contribution >= 4 is 22.8 Å². The molecular formula is C11H12N2O4S. The van der Waals surface area contributed by atoms with Crippen molar-refractivity contribution in [1.82, 2.24) is 4.98 Å². The van der Waals surface area contributed by atoms with Crippen molar-refractivity contribution in [2.75, 3.05) is 12.9 Å². The third-order valence-electron chi connectivity index (χ3n) is 2.52. The van der Waals surface area contributed by atoms with Crippen molar-refractivity contribution in [3.8, 4) is 11.5 Å². The molecule has 2 N–H and O–H groups in total. The van der Waals surface area contributed by atoms with Crippen LogP contribution in [0.3, 0.4) is 0 Å². The van der Waals surface area contributed by atoms with Gasteiger partial charge in [-0.25, -0.2) is 9.78 Å². The summed E-state index contributed by atoms with van der Waals surface area (Å²) in [5.41, 5.74) is -0.703. The van der Waals surface area contributed by atoms with Crippen LogP contribution in [-0.4, -0.2) is 44.6 Å². The summed E-state index contributed by atoms with van der Waals surface area (Å²) in [5.74, 6) is -0.300. The topological polar surface area (TPSA) is 92.0 Å². The van der Waals surface area contributed by atoms with E-state index in [-0.39, 0.29) is 17.2 Å². The smallest absolute Gasteiger partial charge is 0.334 e. The lowest BCUT2D eigenvalue weighted by atomic mass is 10.1. The summed E-state index contributed by atoms with van der Waals surface area (Å²) in [7, 11) is 1.31. The maximum absolute atomic E-state index is 11.6. The number of aromatic nitrogens is 1. The number of hydrogen-bond acceptors (Lipinski definition) is 7. The van der Waals surface area contributed by atoms with Gasteiger partial charge in [0.2, 0.25) is 0 Å². The molecule has 0 amide bonds. The maximum atomic E-state index is 11.6. The van der Waals surface area contributed by atoms with Crippen LogP contribution in [0.2, 0.25) is 0 Å². The summed E-state index contributed by atoms with van der Waals surface area (Å²) in [5, 5.41) is 19.3. The minimum absolute atomic E-state index is 0.129. The molecule has 0 radical (unpaired) electrons. The van der Waals surface area contributed by atoms with E-state index in [1.807, 2.05) is 0 Å². The fourth-order valence-electron chi connectivity index (χ4n) is 1.55. The maximum Gasteiger partial charge on any atom is 0.334 e. The van der Waals surface area contributed by atoms with Gasteiger partial charge in [0.1, 0.15) is 22.2 Å². The second-order valence-corrected chi connectivity index (χ2v) is 5.00. The number of pyridine rings is 1. The van der Waals surface area contributed by atoms with Crippen molar-refractivity contribution in [1.29, 1.82) is 0 Å². The van der Waals surface area contributed by atoms with E-state index in [1.54, 1.807) is 6.92 Å². The van der Waals surface area contributed by atoms with Gasteiger partial charge in [0.15, 0.2) is 5.54 Å². The first kappa shape index (κ1) is 12.7. The Morgan fingerprint density at radius 2 is 2.28 bits per heavy atom. The van der Waals surface area contributed by atoms with Gasteiger partial charge in [-0.05, 0) is 6.92 Å². The zero-order valence-corrected chi connectivity index (χ0v) is 10.7. The predicted octanol–water partition coefficient (Wildman–Crippen LogP) is 0.918. The van der Waals surface area contributed by atoms with Crippen LogP contribution in [0, 0.1) is 0 Å². The van der Waals surface area contributed by atoms with Crippen LogP contribution in [0.15, 0.2) is 17.3 Å². The van der Waals surface area contributed by atoms with Crippen LogP contribution < -0.4 is 0 Å². The fraction of sp³-hybridized carbons (Fsp3) is 0.364. The molecule has 2 rings (SSSR count). The molecule has 2 heterocycles. The third kappa shape index (κ3) is 2.13. The Labute approximate surface area is 108 Å². The minimum Gasteiger partial charge on any atom is -0.506 e. The Hall–Kier alpha value is -1.76. The predicted molar refractivity (Wildman–Crippen MR) is 67.0 cm³/mol. The van der Waals surface area contributed by atoms with Gasteiger partial charge in [-0.1, -0.05) is 0 Å². The molecule has 0 saturated carbocycles. The van der Waals surface area contributed by atoms with E-state index in [4.69, 9.17) is 5.11 Å². The van der Waals surface area contributed by atoms with Crippen molar-refractivity contribution in [2.45, 2.75) is 12.5 Å². The highest BCUT2D eigenvalue weighted by molar-refractivity contribution is 8.14. The molecule has 1 unspecified atom stereocenters. The first-order valence-electron chi connectivity index (χ1n) is 5.16. The van der Waals surface area contributed by atoms with Gasteiger partial charge in [-0.3, -0.25) is 4.99 Å². The quantitative estimate of drug-likeness (QED) is 0.775. The number of aliphatic imine (C=N–C) groups is 1. The van der Waals surface area contributed by atoms with Crippen molar-refractivity contribution in [2.24, 2.45) is 4.99 Å². The minimum atomic E-state index is -0.958. The van der Waals surface area contributed by atoms with Gasteiger partial charge in [-0.2, -0.15) is 0 Å². The summed E-state index contributed by atoms with van der Waals surface area (Å²) in [6, 6.07) is 1.18. The monoisotopic (exact) mass is 268 g/mol. The second kappa shape index (κ2) is 4.49. The summed E-state index contributed by atoms with van der Waals surface area (Å²) in [6.07, 6.45) is 1.21. The largest absolute Gasteiger partial charge is 0.506 e. The van der Waals surface area contributed by atoms with Gasteiger partial charge >= 0.3 is 5.97 Å². The van der Waals surface area contributed by atoms with Crippen LogP contribution >= 0.6 is 11.8 Å². The summed E-state index contributed by atoms with van der Waals surface area (Å²) in [6.45, 7) is 1.66. The van der Waals surface area contributed by atoms with E-state index in [2.05, 4.69) is 14.7 Å². The highest BCUT2D eigenvalue weighted by Gasteiger charge is 2.40. The van der Waals surface area contributed by atoms with Crippen molar-refractivity contribution in [3.05, 3.63) is 18.0 Å². The van der Waals surface area contributed by atoms with Crippen LogP contribution in [0.25, 0.3) is 0 Å². The van der Waals surface area contributed by atoms with Gasteiger partial charge < -0.3 is 14.9 Å². The van der Waals surface area contributed by atoms with Gasteiger partial charge in [-0.15, -0.1) is 11.8 Å². The van der Waals surface area contributed by atoms with E-state index < -0.39 is 11.5 Å². The molecule has 1 aliphatic rings. The lowest BCUT2D eigenvalue weighted by Crippen LogP contribution is -2.34. The van der Waals surface area contributed by atoms with E-state index in [0.717, 1.165) is 0 Å². The van der Waals surface area contributed by atoms with E-state index in [0.29, 0.717) is 10.8 Å². The second-order valence-electron chi connectivity index (χ2n) is 4.03. The molecule has 7 heteroatoms. The van der Waals surface area contributed by atoms with Crippen LogP contribution in [0.5, 0.6) is 11.5 Å². The Morgan fingerprint density at radius 3 is 2.89 bits per heavy atom. The Kier molecular flexibility index (Phi) is 3.16. The molecule has 18 heavy (non-hydrogen) atoms. The van der Waals surface area contributed by atoms with Crippen LogP contribution in [0.4, 0.5) is 0 Å². The first-order valence-corrected chi connectivity index (χ1v) is 6.14. The Balaban J connectivity index is 2.36. The summed E-state index contributed by atoms with van der Waals surface area (Å²) >= 11 is 1.31. The molecule has 1 aromatic rings. The number of nitrogens with zero attached hydrogens (tertiary/aromatic N) is 2. The lowest BCUT2D eigenvalue weighted by molar-refractivity contribution is -0.145. The molecule has 1 aromatic heterocycles. The van der Waals surface area contributed by atoms with E-state index >= 15 is 0 Å². The third-order valence-corrected chi connectivity index (χ3v) is 3.78. The van der Waals surface area contributed by atoms with E-state index in [1.165, 1.54) is 31.1 Å². The Morgan fingerprint density at radius 1 is 1.56 bits per heavy atom. The van der Waals surface area contributed by atoms with Crippen LogP contribution in [-0.2, 0) is 9.53 Å². The molecule has 0 aliphatic carbocycles. The molecule has 0 fully saturated rings. The van der Waals surface area contributed by atoms with E-state index in [9.17, 15) is 9.90 Å². The fourth-order valence-corrected chi connectivity index (χ4v) is 2.71. The molecule has 0 aromatic carbocycles. The molecular weight excluding hydrogens is 256 g/mol. The number of methoxy groups -OCH3 is 1. The highest BCUT2D eigenvalue weighted by Crippen LogP contribution is 2.34. The lowest BCUT2D eigenvalue weighted by Gasteiger charge is -2.15. The number of hydrogen-bond donors (Lipinski definition) is 2. The first-order chi connectivity index (χ1) is 8.46. The number of rotatable bonds is 2. The number of carbonyl (C=O) groups is 1. The molecule has 1 aliphatic heterocycles. The number of carbonyl (C=O) groups excluding carboxylic acids is 1. The van der Waals surface area contributed by atoms with Gasteiger partial charge in [0.25, 0.3) is 0 Å². The number of esters is 1. The zero-order chi connectivity index (χ0) is 13.3.